The standard InChI is InChI=1S/C14H21NO2S/c1-14(2,3)10-15(4)9-12-6-5-11(18-12)7-8-13(16)17/h5-8H,9-10H2,1-4H3,(H,16,17). The highest BCUT2D eigenvalue weighted by Gasteiger charge is 2.14. The molecule has 100 valence electrons. The summed E-state index contributed by atoms with van der Waals surface area (Å²) in [5.74, 6) is -0.908. The fourth-order valence-electron chi connectivity index (χ4n) is 1.85. The van der Waals surface area contributed by atoms with Gasteiger partial charge in [-0.2, -0.15) is 0 Å². The number of carbonyl (C=O) groups is 1. The summed E-state index contributed by atoms with van der Waals surface area (Å²) in [6, 6.07) is 4.02. The minimum Gasteiger partial charge on any atom is -0.478 e. The summed E-state index contributed by atoms with van der Waals surface area (Å²) < 4.78 is 0. The Morgan fingerprint density at radius 1 is 1.44 bits per heavy atom. The quantitative estimate of drug-likeness (QED) is 0.832. The molecule has 0 aliphatic heterocycles. The Labute approximate surface area is 113 Å². The maximum absolute atomic E-state index is 10.4. The van der Waals surface area contributed by atoms with E-state index in [0.717, 1.165) is 18.0 Å². The highest BCUT2D eigenvalue weighted by molar-refractivity contribution is 7.12. The van der Waals surface area contributed by atoms with Gasteiger partial charge >= 0.3 is 5.97 Å². The zero-order valence-corrected chi connectivity index (χ0v) is 12.3. The van der Waals surface area contributed by atoms with Crippen LogP contribution in [0.2, 0.25) is 0 Å². The molecule has 0 aliphatic rings. The van der Waals surface area contributed by atoms with Gasteiger partial charge in [0.25, 0.3) is 0 Å². The summed E-state index contributed by atoms with van der Waals surface area (Å²) in [6.07, 6.45) is 2.81. The number of nitrogens with zero attached hydrogens (tertiary/aromatic N) is 1. The molecule has 0 aliphatic carbocycles. The van der Waals surface area contributed by atoms with E-state index in [0.29, 0.717) is 0 Å². The lowest BCUT2D eigenvalue weighted by Crippen LogP contribution is -2.28. The fourth-order valence-corrected chi connectivity index (χ4v) is 2.85. The van der Waals surface area contributed by atoms with Gasteiger partial charge in [-0.3, -0.25) is 0 Å². The van der Waals surface area contributed by atoms with Crippen LogP contribution >= 0.6 is 11.3 Å². The van der Waals surface area contributed by atoms with Crippen LogP contribution in [0.1, 0.15) is 30.5 Å². The second-order valence-corrected chi connectivity index (χ2v) is 6.91. The molecular weight excluding hydrogens is 246 g/mol. The number of rotatable bonds is 5. The van der Waals surface area contributed by atoms with E-state index in [1.165, 1.54) is 11.0 Å². The number of hydrogen-bond acceptors (Lipinski definition) is 3. The van der Waals surface area contributed by atoms with Gasteiger partial charge in [-0.25, -0.2) is 4.79 Å². The number of carboxylic acid groups (broad SMARTS) is 1. The lowest BCUT2D eigenvalue weighted by atomic mass is 9.96. The molecular formula is C14H21NO2S. The van der Waals surface area contributed by atoms with Crippen LogP contribution < -0.4 is 0 Å². The third kappa shape index (κ3) is 5.98. The first-order valence-corrected chi connectivity index (χ1v) is 6.76. The molecule has 1 rings (SSSR count). The van der Waals surface area contributed by atoms with E-state index >= 15 is 0 Å². The van der Waals surface area contributed by atoms with Crippen molar-refractivity contribution in [2.75, 3.05) is 13.6 Å². The van der Waals surface area contributed by atoms with Gasteiger partial charge in [0.2, 0.25) is 0 Å². The Morgan fingerprint density at radius 2 is 2.11 bits per heavy atom. The summed E-state index contributed by atoms with van der Waals surface area (Å²) in [5.41, 5.74) is 0.290. The Morgan fingerprint density at radius 3 is 2.67 bits per heavy atom. The fraction of sp³-hybridized carbons (Fsp3) is 0.500. The van der Waals surface area contributed by atoms with Crippen LogP contribution in [0.3, 0.4) is 0 Å². The molecule has 3 nitrogen and oxygen atoms in total. The van der Waals surface area contributed by atoms with Gasteiger partial charge in [0, 0.05) is 28.9 Å². The van der Waals surface area contributed by atoms with Crippen molar-refractivity contribution in [2.45, 2.75) is 27.3 Å². The van der Waals surface area contributed by atoms with Crippen LogP contribution in [0.4, 0.5) is 0 Å². The molecule has 0 saturated carbocycles. The number of hydrogen-bond donors (Lipinski definition) is 1. The molecule has 0 aromatic carbocycles. The summed E-state index contributed by atoms with van der Waals surface area (Å²) in [6.45, 7) is 8.60. The molecule has 0 radical (unpaired) electrons. The van der Waals surface area contributed by atoms with E-state index < -0.39 is 5.97 Å². The van der Waals surface area contributed by atoms with E-state index in [1.807, 2.05) is 6.07 Å². The third-order valence-corrected chi connectivity index (χ3v) is 3.28. The van der Waals surface area contributed by atoms with E-state index in [-0.39, 0.29) is 5.41 Å². The predicted molar refractivity (Wildman–Crippen MR) is 76.8 cm³/mol. The molecule has 0 unspecified atom stereocenters. The highest BCUT2D eigenvalue weighted by Crippen LogP contribution is 2.21. The van der Waals surface area contributed by atoms with Crippen molar-refractivity contribution >= 4 is 23.4 Å². The molecule has 0 bridgehead atoms. The van der Waals surface area contributed by atoms with Gasteiger partial charge in [-0.1, -0.05) is 20.8 Å². The molecule has 1 heterocycles. The molecule has 0 saturated heterocycles. The Bertz CT molecular complexity index is 429. The Balaban J connectivity index is 2.56. The molecule has 18 heavy (non-hydrogen) atoms. The van der Waals surface area contributed by atoms with Crippen molar-refractivity contribution in [2.24, 2.45) is 5.41 Å². The molecule has 4 heteroatoms. The lowest BCUT2D eigenvalue weighted by Gasteiger charge is -2.25. The van der Waals surface area contributed by atoms with Gasteiger partial charge in [0.1, 0.15) is 0 Å². The van der Waals surface area contributed by atoms with Crippen molar-refractivity contribution in [1.82, 2.24) is 4.90 Å². The van der Waals surface area contributed by atoms with Gasteiger partial charge in [0.05, 0.1) is 0 Å². The van der Waals surface area contributed by atoms with Crippen molar-refractivity contribution < 1.29 is 9.90 Å². The summed E-state index contributed by atoms with van der Waals surface area (Å²) >= 11 is 1.64. The van der Waals surface area contributed by atoms with Gasteiger partial charge in [-0.05, 0) is 30.7 Å². The van der Waals surface area contributed by atoms with Crippen LogP contribution in [-0.4, -0.2) is 29.6 Å². The molecule has 1 N–H and O–H groups in total. The monoisotopic (exact) mass is 267 g/mol. The Kier molecular flexibility index (Phi) is 5.11. The van der Waals surface area contributed by atoms with Crippen molar-refractivity contribution in [1.29, 1.82) is 0 Å². The van der Waals surface area contributed by atoms with Crippen LogP contribution in [0.5, 0.6) is 0 Å². The smallest absolute Gasteiger partial charge is 0.328 e. The number of aliphatic carboxylic acids is 1. The maximum atomic E-state index is 10.4. The predicted octanol–water partition coefficient (Wildman–Crippen LogP) is 3.32. The van der Waals surface area contributed by atoms with Crippen molar-refractivity contribution in [3.63, 3.8) is 0 Å². The highest BCUT2D eigenvalue weighted by atomic mass is 32.1. The normalized spacial score (nSPS) is 12.5. The van der Waals surface area contributed by atoms with Crippen molar-refractivity contribution in [3.8, 4) is 0 Å². The van der Waals surface area contributed by atoms with E-state index in [1.54, 1.807) is 17.4 Å². The lowest BCUT2D eigenvalue weighted by molar-refractivity contribution is -0.131. The molecule has 0 spiro atoms. The van der Waals surface area contributed by atoms with Gasteiger partial charge in [-0.15, -0.1) is 11.3 Å². The average molecular weight is 267 g/mol. The third-order valence-electron chi connectivity index (χ3n) is 2.24. The van der Waals surface area contributed by atoms with Crippen LogP contribution in [-0.2, 0) is 11.3 Å². The SMILES string of the molecule is CN(Cc1ccc(C=CC(=O)O)s1)CC(C)(C)C. The minimum atomic E-state index is -0.908. The van der Waals surface area contributed by atoms with Gasteiger partial charge < -0.3 is 10.0 Å². The van der Waals surface area contributed by atoms with E-state index in [2.05, 4.69) is 38.8 Å². The molecule has 1 aromatic heterocycles. The van der Waals surface area contributed by atoms with Gasteiger partial charge in [0.15, 0.2) is 0 Å². The molecule has 0 atom stereocenters. The first-order chi connectivity index (χ1) is 8.26. The summed E-state index contributed by atoms with van der Waals surface area (Å²) in [5, 5.41) is 8.56. The zero-order chi connectivity index (χ0) is 13.8. The minimum absolute atomic E-state index is 0.290. The Hall–Kier alpha value is -1.13. The summed E-state index contributed by atoms with van der Waals surface area (Å²) in [4.78, 5) is 15.0. The zero-order valence-electron chi connectivity index (χ0n) is 11.4. The van der Waals surface area contributed by atoms with Crippen molar-refractivity contribution in [3.05, 3.63) is 28.0 Å². The molecule has 0 fully saturated rings. The number of carboxylic acids is 1. The average Bonchev–Trinajstić information content (AvgIpc) is 2.59. The van der Waals surface area contributed by atoms with Crippen LogP contribution in [0, 0.1) is 5.41 Å². The summed E-state index contributed by atoms with van der Waals surface area (Å²) in [7, 11) is 2.11. The van der Waals surface area contributed by atoms with E-state index in [9.17, 15) is 4.79 Å². The molecule has 1 aromatic rings. The topological polar surface area (TPSA) is 40.5 Å². The first kappa shape index (κ1) is 14.9. The van der Waals surface area contributed by atoms with Crippen LogP contribution in [0.25, 0.3) is 6.08 Å². The molecule has 0 amide bonds. The number of thiophene rings is 1. The second-order valence-electron chi connectivity index (χ2n) is 5.71. The second kappa shape index (κ2) is 6.16. The van der Waals surface area contributed by atoms with E-state index in [4.69, 9.17) is 5.11 Å². The first-order valence-electron chi connectivity index (χ1n) is 5.94. The van der Waals surface area contributed by atoms with Crippen LogP contribution in [0.15, 0.2) is 18.2 Å². The maximum Gasteiger partial charge on any atom is 0.328 e. The largest absolute Gasteiger partial charge is 0.478 e.